The Balaban J connectivity index is 0.000000177. The summed E-state index contributed by atoms with van der Waals surface area (Å²) in [5.41, 5.74) is 10.6. The van der Waals surface area contributed by atoms with Crippen molar-refractivity contribution in [1.29, 1.82) is 0 Å². The molecule has 0 bridgehead atoms. The van der Waals surface area contributed by atoms with Crippen molar-refractivity contribution in [3.05, 3.63) is 212 Å². The molecule has 0 aromatic heterocycles. The molecule has 6 aliphatic heterocycles. The first-order chi connectivity index (χ1) is 52.6. The van der Waals surface area contributed by atoms with Gasteiger partial charge in [-0.3, -0.25) is 38.7 Å². The molecule has 111 heavy (non-hydrogen) atoms. The topological polar surface area (TPSA) is 158 Å². The lowest BCUT2D eigenvalue weighted by Crippen LogP contribution is -2.60. The number of nitrogens with zero attached hydrogens (tertiary/aromatic N) is 9. The van der Waals surface area contributed by atoms with E-state index in [1.54, 1.807) is 67.3 Å². The van der Waals surface area contributed by atoms with Gasteiger partial charge < -0.3 is 35.1 Å². The largest absolute Gasteiger partial charge is 0.351 e. The molecule has 2 N–H and O–H groups in total. The van der Waals surface area contributed by atoms with Gasteiger partial charge in [-0.25, -0.2) is 22.4 Å². The van der Waals surface area contributed by atoms with Crippen LogP contribution in [-0.4, -0.2) is 196 Å². The molecule has 6 aliphatic rings. The monoisotopic (exact) mass is 1570 g/mol. The van der Waals surface area contributed by atoms with E-state index in [-0.39, 0.29) is 123 Å². The van der Waals surface area contributed by atoms with E-state index in [9.17, 15) is 41.9 Å². The Labute approximate surface area is 665 Å². The smallest absolute Gasteiger partial charge is 0.314 e. The van der Waals surface area contributed by atoms with E-state index in [1.807, 2.05) is 45.0 Å². The molecule has 22 heteroatoms. The van der Waals surface area contributed by atoms with Crippen LogP contribution >= 0.6 is 23.2 Å². The van der Waals surface area contributed by atoms with Crippen LogP contribution in [0.1, 0.15) is 185 Å². The molecular weight excluding hydrogens is 1450 g/mol. The zero-order chi connectivity index (χ0) is 80.2. The molecule has 6 aromatic rings. The van der Waals surface area contributed by atoms with E-state index in [4.69, 9.17) is 28.9 Å². The highest BCUT2D eigenvalue weighted by molar-refractivity contribution is 6.30. The van der Waals surface area contributed by atoms with E-state index in [0.717, 1.165) is 81.4 Å². The number of halogens is 6. The molecule has 6 saturated heterocycles. The fraction of sp³-hybridized carbons (Fsp3) is 0.528. The van der Waals surface area contributed by atoms with Crippen LogP contribution in [0.3, 0.4) is 0 Å². The quantitative estimate of drug-likeness (QED) is 0.0988. The number of primary amides is 1. The summed E-state index contributed by atoms with van der Waals surface area (Å²) in [5.74, 6) is 0.422. The van der Waals surface area contributed by atoms with Crippen molar-refractivity contribution in [3.8, 4) is 0 Å². The first-order valence-corrected chi connectivity index (χ1v) is 40.5. The van der Waals surface area contributed by atoms with Crippen molar-refractivity contribution in [2.24, 2.45) is 39.7 Å². The Kier molecular flexibility index (Phi) is 29.2. The van der Waals surface area contributed by atoms with Gasteiger partial charge in [0.05, 0.1) is 18.1 Å². The Morgan fingerprint density at radius 1 is 0.369 bits per heavy atom. The van der Waals surface area contributed by atoms with Crippen molar-refractivity contribution in [2.45, 2.75) is 170 Å². The summed E-state index contributed by atoms with van der Waals surface area (Å²) >= 11 is 12.4. The molecule has 6 heterocycles. The summed E-state index contributed by atoms with van der Waals surface area (Å²) in [5, 5.41) is 1.42. The predicted octanol–water partition coefficient (Wildman–Crippen LogP) is 16.3. The molecule has 7 amide bonds. The molecule has 1 unspecified atom stereocenters. The first kappa shape index (κ1) is 85.5. The Bertz CT molecular complexity index is 3810. The predicted molar refractivity (Wildman–Crippen MR) is 431 cm³/mol. The molecule has 0 spiro atoms. The van der Waals surface area contributed by atoms with E-state index in [0.29, 0.717) is 113 Å². The Morgan fingerprint density at radius 3 is 0.901 bits per heavy atom. The molecule has 6 aromatic carbocycles. The number of rotatable bonds is 15. The van der Waals surface area contributed by atoms with Crippen LogP contribution in [0.25, 0.3) is 0 Å². The number of benzene rings is 6. The number of likely N-dealkylation sites (tertiary alicyclic amines) is 3. The van der Waals surface area contributed by atoms with Gasteiger partial charge in [-0.15, -0.1) is 0 Å². The Morgan fingerprint density at radius 2 is 0.631 bits per heavy atom. The second kappa shape index (κ2) is 37.8. The van der Waals surface area contributed by atoms with Gasteiger partial charge in [0, 0.05) is 165 Å². The third kappa shape index (κ3) is 22.8. The molecule has 0 radical (unpaired) electrons. The molecule has 0 aliphatic carbocycles. The molecule has 600 valence electrons. The lowest BCUT2D eigenvalue weighted by atomic mass is 9.82. The normalized spacial score (nSPS) is 20.2. The molecule has 16 nitrogen and oxygen atoms in total. The number of piperidine rings is 3. The standard InChI is InChI=1S/2C30H39F2N3O2.C29H38Cl2N4O2/c1-21(36)33-15-13-22(14-16-33)19-28(37)35-18-17-34(20-27(35)30(2,3)4)29(23-5-9-25(31)10-6-23)24-7-11-26(32)12-8-24;1-21(36)33-15-13-22(14-16-33)19-28(37)35-18-17-34(20-27(35)30(2,3)4)29(23-9-11-24(31)12-10-23)25-7-5-6-8-26(25)32;1-29(2,3)25-19-34(16-17-35(25)26(36)18-20-12-14-33(15-13-20)28(32)37)27(21-4-8-23(30)9-5-21)22-6-10-24(31)11-7-22/h2*5-12,22,27,29H,13-20H2,1-4H3;4-11,20,25,27H,12-19H2,1-3H3,(H2,32,37)/t27-;27-,29?;25-/m111/s1. The van der Waals surface area contributed by atoms with Gasteiger partial charge in [0.2, 0.25) is 29.5 Å². The highest BCUT2D eigenvalue weighted by Crippen LogP contribution is 2.42. The summed E-state index contributed by atoms with van der Waals surface area (Å²) in [7, 11) is 0. The van der Waals surface area contributed by atoms with Crippen molar-refractivity contribution < 1.29 is 46.3 Å². The number of nitrogens with two attached hydrogens (primary N) is 1. The van der Waals surface area contributed by atoms with Gasteiger partial charge in [0.1, 0.15) is 23.3 Å². The third-order valence-corrected chi connectivity index (χ3v) is 24.4. The second-order valence-corrected chi connectivity index (χ2v) is 35.5. The maximum Gasteiger partial charge on any atom is 0.314 e. The maximum absolute atomic E-state index is 15.0. The van der Waals surface area contributed by atoms with E-state index >= 15 is 4.39 Å². The summed E-state index contributed by atoms with van der Waals surface area (Å²) in [6, 6.07) is 41.3. The number of hydrogen-bond acceptors (Lipinski definition) is 9. The fourth-order valence-corrected chi connectivity index (χ4v) is 17.6. The molecule has 0 saturated carbocycles. The first-order valence-electron chi connectivity index (χ1n) is 39.8. The van der Waals surface area contributed by atoms with Gasteiger partial charge in [0.25, 0.3) is 0 Å². The van der Waals surface area contributed by atoms with Crippen LogP contribution < -0.4 is 5.73 Å². The number of carbonyl (C=O) groups excluding carboxylic acids is 6. The van der Waals surface area contributed by atoms with Crippen LogP contribution in [-0.2, 0) is 24.0 Å². The second-order valence-electron chi connectivity index (χ2n) is 34.7. The van der Waals surface area contributed by atoms with Gasteiger partial charge in [-0.05, 0) is 167 Å². The summed E-state index contributed by atoms with van der Waals surface area (Å²) < 4.78 is 56.2. The van der Waals surface area contributed by atoms with Crippen molar-refractivity contribution >= 4 is 58.8 Å². The minimum Gasteiger partial charge on any atom is -0.351 e. The highest BCUT2D eigenvalue weighted by atomic mass is 35.5. The summed E-state index contributed by atoms with van der Waals surface area (Å²) in [6.07, 6.45) is 6.61. The number of amides is 7. The van der Waals surface area contributed by atoms with Gasteiger partial charge in [-0.2, -0.15) is 0 Å². The summed E-state index contributed by atoms with van der Waals surface area (Å²) in [4.78, 5) is 94.2. The lowest BCUT2D eigenvalue weighted by molar-refractivity contribution is -0.142. The van der Waals surface area contributed by atoms with Gasteiger partial charge in [-0.1, -0.05) is 164 Å². The third-order valence-electron chi connectivity index (χ3n) is 23.9. The van der Waals surface area contributed by atoms with Gasteiger partial charge >= 0.3 is 6.03 Å². The van der Waals surface area contributed by atoms with Crippen LogP contribution in [0.15, 0.2) is 146 Å². The molecule has 12 rings (SSSR count). The summed E-state index contributed by atoms with van der Waals surface area (Å²) in [6.45, 7) is 32.8. The van der Waals surface area contributed by atoms with E-state index < -0.39 is 0 Å². The Hall–Kier alpha value is -7.88. The minimum absolute atomic E-state index is 0.00513. The number of urea groups is 1. The van der Waals surface area contributed by atoms with Crippen molar-refractivity contribution in [1.82, 2.24) is 44.1 Å². The van der Waals surface area contributed by atoms with Crippen LogP contribution in [0.4, 0.5) is 22.4 Å². The molecule has 4 atom stereocenters. The zero-order valence-electron chi connectivity index (χ0n) is 66.8. The highest BCUT2D eigenvalue weighted by Gasteiger charge is 2.45. The van der Waals surface area contributed by atoms with Crippen LogP contribution in [0, 0.1) is 57.3 Å². The molecule has 6 fully saturated rings. The average Bonchev–Trinajstić information content (AvgIpc) is 0.785. The lowest BCUT2D eigenvalue weighted by Gasteiger charge is -2.50. The number of hydrogen-bond donors (Lipinski definition) is 1. The van der Waals surface area contributed by atoms with Crippen LogP contribution in [0.5, 0.6) is 0 Å². The SMILES string of the molecule is CC(=O)N1CCC(CC(=O)N2CCN(C(c3ccc(F)cc3)c3ccc(F)cc3)C[C@@H]2C(C)(C)C)CC1.CC(=O)N1CCC(CC(=O)N2CCN(C(c3ccc(F)cc3)c3ccccc3F)C[C@@H]2C(C)(C)C)CC1.CC(C)(C)[C@H]1CN(C(c2ccc(Cl)cc2)c2ccc(Cl)cc2)CCN1C(=O)CC1CCN(C(N)=O)CC1. The van der Waals surface area contributed by atoms with Crippen molar-refractivity contribution in [3.63, 3.8) is 0 Å². The molecular formula is C89H116Cl2F4N10O6. The van der Waals surface area contributed by atoms with E-state index in [1.165, 1.54) is 53.6 Å². The van der Waals surface area contributed by atoms with Crippen LogP contribution in [0.2, 0.25) is 10.0 Å². The minimum atomic E-state index is -0.375. The van der Waals surface area contributed by atoms with Crippen molar-refractivity contribution in [2.75, 3.05) is 98.2 Å². The maximum atomic E-state index is 15.0. The number of carbonyl (C=O) groups is 6. The number of piperazine rings is 3. The zero-order valence-corrected chi connectivity index (χ0v) is 68.4. The fourth-order valence-electron chi connectivity index (χ4n) is 17.3. The van der Waals surface area contributed by atoms with Gasteiger partial charge in [0.15, 0.2) is 0 Å². The van der Waals surface area contributed by atoms with E-state index in [2.05, 4.69) is 111 Å². The average molecular weight is 1570 g/mol.